The SMILES string of the molecule is Cc1nc2c(c(NC3CCN(C(C)C)C3=O)n1)CCCC2. The van der Waals surface area contributed by atoms with Crippen LogP contribution in [-0.4, -0.2) is 39.4 Å². The number of carbonyl (C=O) groups excluding carboxylic acids is 1. The topological polar surface area (TPSA) is 58.1 Å². The molecule has 1 N–H and O–H groups in total. The molecule has 3 rings (SSSR count). The monoisotopic (exact) mass is 288 g/mol. The fourth-order valence-electron chi connectivity index (χ4n) is 3.35. The number of nitrogens with one attached hydrogen (secondary N) is 1. The zero-order valence-electron chi connectivity index (χ0n) is 13.1. The van der Waals surface area contributed by atoms with Gasteiger partial charge in [-0.25, -0.2) is 9.97 Å². The molecule has 0 aromatic carbocycles. The number of likely N-dealkylation sites (tertiary alicyclic amines) is 1. The highest BCUT2D eigenvalue weighted by Gasteiger charge is 2.33. The van der Waals surface area contributed by atoms with Crippen molar-refractivity contribution in [1.82, 2.24) is 14.9 Å². The minimum atomic E-state index is -0.132. The molecule has 1 aromatic heterocycles. The van der Waals surface area contributed by atoms with Crippen LogP contribution < -0.4 is 5.32 Å². The number of aromatic nitrogens is 2. The molecule has 1 aliphatic heterocycles. The van der Waals surface area contributed by atoms with E-state index in [2.05, 4.69) is 29.1 Å². The second kappa shape index (κ2) is 5.62. The Bertz CT molecular complexity index is 555. The summed E-state index contributed by atoms with van der Waals surface area (Å²) in [6, 6.07) is 0.137. The van der Waals surface area contributed by atoms with Gasteiger partial charge in [0.25, 0.3) is 0 Å². The lowest BCUT2D eigenvalue weighted by Gasteiger charge is -2.23. The van der Waals surface area contributed by atoms with Gasteiger partial charge in [0, 0.05) is 23.8 Å². The number of amides is 1. The second-order valence-corrected chi connectivity index (χ2v) is 6.36. The van der Waals surface area contributed by atoms with Gasteiger partial charge in [-0.15, -0.1) is 0 Å². The molecule has 1 saturated heterocycles. The van der Waals surface area contributed by atoms with E-state index >= 15 is 0 Å². The molecule has 0 spiro atoms. The molecule has 21 heavy (non-hydrogen) atoms. The number of rotatable bonds is 3. The minimum absolute atomic E-state index is 0.132. The van der Waals surface area contributed by atoms with E-state index in [1.807, 2.05) is 11.8 Å². The number of fused-ring (bicyclic) bond motifs is 1. The summed E-state index contributed by atoms with van der Waals surface area (Å²) in [6.07, 6.45) is 5.29. The Morgan fingerprint density at radius 2 is 2.00 bits per heavy atom. The molecule has 1 aromatic rings. The first-order valence-electron chi connectivity index (χ1n) is 7.99. The van der Waals surface area contributed by atoms with Crippen LogP contribution in [0.15, 0.2) is 0 Å². The predicted octanol–water partition coefficient (Wildman–Crippen LogP) is 2.09. The zero-order chi connectivity index (χ0) is 15.0. The van der Waals surface area contributed by atoms with Crippen molar-refractivity contribution in [3.63, 3.8) is 0 Å². The quantitative estimate of drug-likeness (QED) is 0.925. The third-order valence-electron chi connectivity index (χ3n) is 4.47. The highest BCUT2D eigenvalue weighted by atomic mass is 16.2. The zero-order valence-corrected chi connectivity index (χ0v) is 13.1. The lowest BCUT2D eigenvalue weighted by Crippen LogP contribution is -2.38. The van der Waals surface area contributed by atoms with Crippen molar-refractivity contribution in [2.75, 3.05) is 11.9 Å². The van der Waals surface area contributed by atoms with Crippen molar-refractivity contribution in [2.45, 2.75) is 65.0 Å². The molecule has 0 bridgehead atoms. The molecular formula is C16H24N4O. The summed E-state index contributed by atoms with van der Waals surface area (Å²) in [4.78, 5) is 23.5. The molecule has 2 aliphatic rings. The maximum absolute atomic E-state index is 12.4. The summed E-state index contributed by atoms with van der Waals surface area (Å²) < 4.78 is 0. The Kier molecular flexibility index (Phi) is 3.83. The molecule has 5 nitrogen and oxygen atoms in total. The summed E-state index contributed by atoms with van der Waals surface area (Å²) in [5.41, 5.74) is 2.39. The minimum Gasteiger partial charge on any atom is -0.358 e. The molecule has 114 valence electrons. The van der Waals surface area contributed by atoms with Crippen molar-refractivity contribution >= 4 is 11.7 Å². The van der Waals surface area contributed by atoms with Crippen LogP contribution in [-0.2, 0) is 17.6 Å². The predicted molar refractivity (Wildman–Crippen MR) is 82.3 cm³/mol. The first kappa shape index (κ1) is 14.3. The average Bonchev–Trinajstić information content (AvgIpc) is 2.80. The van der Waals surface area contributed by atoms with Crippen LogP contribution in [0.1, 0.15) is 50.2 Å². The largest absolute Gasteiger partial charge is 0.358 e. The van der Waals surface area contributed by atoms with E-state index in [1.54, 1.807) is 0 Å². The van der Waals surface area contributed by atoms with Crippen LogP contribution in [0.2, 0.25) is 0 Å². The van der Waals surface area contributed by atoms with Crippen molar-refractivity contribution in [3.8, 4) is 0 Å². The summed E-state index contributed by atoms with van der Waals surface area (Å²) in [5, 5.41) is 3.40. The van der Waals surface area contributed by atoms with E-state index in [0.717, 1.165) is 37.4 Å². The average molecular weight is 288 g/mol. The highest BCUT2D eigenvalue weighted by molar-refractivity contribution is 5.87. The van der Waals surface area contributed by atoms with E-state index in [4.69, 9.17) is 0 Å². The van der Waals surface area contributed by atoms with Gasteiger partial charge in [0.1, 0.15) is 17.7 Å². The fraction of sp³-hybridized carbons (Fsp3) is 0.688. The molecule has 2 heterocycles. The van der Waals surface area contributed by atoms with Gasteiger partial charge in [-0.05, 0) is 52.9 Å². The maximum atomic E-state index is 12.4. The van der Waals surface area contributed by atoms with Gasteiger partial charge in [0.2, 0.25) is 5.91 Å². The van der Waals surface area contributed by atoms with E-state index in [0.29, 0.717) is 0 Å². The molecule has 0 radical (unpaired) electrons. The van der Waals surface area contributed by atoms with Crippen LogP contribution in [0, 0.1) is 6.92 Å². The van der Waals surface area contributed by atoms with Gasteiger partial charge < -0.3 is 10.2 Å². The van der Waals surface area contributed by atoms with Crippen molar-refractivity contribution < 1.29 is 4.79 Å². The number of nitrogens with zero attached hydrogens (tertiary/aromatic N) is 3. The lowest BCUT2D eigenvalue weighted by atomic mass is 9.96. The van der Waals surface area contributed by atoms with Gasteiger partial charge in [-0.1, -0.05) is 0 Å². The molecule has 1 atom stereocenters. The second-order valence-electron chi connectivity index (χ2n) is 6.36. The van der Waals surface area contributed by atoms with Crippen molar-refractivity contribution in [3.05, 3.63) is 17.1 Å². The third-order valence-corrected chi connectivity index (χ3v) is 4.47. The molecule has 0 saturated carbocycles. The van der Waals surface area contributed by atoms with Gasteiger partial charge in [0.05, 0.1) is 0 Å². The Labute approximate surface area is 126 Å². The number of hydrogen-bond donors (Lipinski definition) is 1. The van der Waals surface area contributed by atoms with Crippen LogP contribution in [0.4, 0.5) is 5.82 Å². The van der Waals surface area contributed by atoms with Crippen LogP contribution in [0.3, 0.4) is 0 Å². The number of aryl methyl sites for hydroxylation is 2. The Hall–Kier alpha value is -1.65. The maximum Gasteiger partial charge on any atom is 0.245 e. The number of anilines is 1. The van der Waals surface area contributed by atoms with E-state index in [1.165, 1.54) is 24.1 Å². The smallest absolute Gasteiger partial charge is 0.245 e. The van der Waals surface area contributed by atoms with Crippen LogP contribution >= 0.6 is 0 Å². The van der Waals surface area contributed by atoms with Gasteiger partial charge in [-0.2, -0.15) is 0 Å². The van der Waals surface area contributed by atoms with Gasteiger partial charge in [0.15, 0.2) is 0 Å². The van der Waals surface area contributed by atoms with Crippen LogP contribution in [0.5, 0.6) is 0 Å². The van der Waals surface area contributed by atoms with Crippen LogP contribution in [0.25, 0.3) is 0 Å². The highest BCUT2D eigenvalue weighted by Crippen LogP contribution is 2.27. The third kappa shape index (κ3) is 2.74. The Morgan fingerprint density at radius 3 is 2.71 bits per heavy atom. The fourth-order valence-corrected chi connectivity index (χ4v) is 3.35. The van der Waals surface area contributed by atoms with Gasteiger partial charge in [-0.3, -0.25) is 4.79 Å². The molecule has 5 heteroatoms. The summed E-state index contributed by atoms with van der Waals surface area (Å²) in [7, 11) is 0. The molecule has 1 fully saturated rings. The summed E-state index contributed by atoms with van der Waals surface area (Å²) in [6.45, 7) is 6.89. The lowest BCUT2D eigenvalue weighted by molar-refractivity contribution is -0.129. The Balaban J connectivity index is 1.82. The normalized spacial score (nSPS) is 21.8. The molecular weight excluding hydrogens is 264 g/mol. The standard InChI is InChI=1S/C16H24N4O/c1-10(2)20-9-8-14(16(20)21)19-15-12-6-4-5-7-13(12)17-11(3)18-15/h10,14H,4-9H2,1-3H3,(H,17,18,19). The van der Waals surface area contributed by atoms with Crippen molar-refractivity contribution in [1.29, 1.82) is 0 Å². The first-order valence-corrected chi connectivity index (χ1v) is 7.99. The molecule has 1 amide bonds. The van der Waals surface area contributed by atoms with Gasteiger partial charge >= 0.3 is 0 Å². The van der Waals surface area contributed by atoms with E-state index in [9.17, 15) is 4.79 Å². The van der Waals surface area contributed by atoms with E-state index in [-0.39, 0.29) is 18.0 Å². The number of carbonyl (C=O) groups is 1. The summed E-state index contributed by atoms with van der Waals surface area (Å²) >= 11 is 0. The van der Waals surface area contributed by atoms with E-state index < -0.39 is 0 Å². The first-order chi connectivity index (χ1) is 10.1. The van der Waals surface area contributed by atoms with Crippen molar-refractivity contribution in [2.24, 2.45) is 0 Å². The Morgan fingerprint density at radius 1 is 1.24 bits per heavy atom. The molecule has 1 unspecified atom stereocenters. The summed E-state index contributed by atoms with van der Waals surface area (Å²) in [5.74, 6) is 1.89. The number of hydrogen-bond acceptors (Lipinski definition) is 4. The molecule has 1 aliphatic carbocycles.